The Kier molecular flexibility index (Phi) is 7.10. The maximum Gasteiger partial charge on any atom is 0.244 e. The Labute approximate surface area is 201 Å². The van der Waals surface area contributed by atoms with E-state index in [2.05, 4.69) is 22.9 Å². The van der Waals surface area contributed by atoms with E-state index >= 15 is 0 Å². The van der Waals surface area contributed by atoms with Crippen LogP contribution in [0.3, 0.4) is 0 Å². The summed E-state index contributed by atoms with van der Waals surface area (Å²) in [6.45, 7) is 6.04. The molecule has 1 aliphatic heterocycles. The van der Waals surface area contributed by atoms with Gasteiger partial charge in [-0.1, -0.05) is 30.3 Å². The van der Waals surface area contributed by atoms with E-state index in [-0.39, 0.29) is 17.7 Å². The molecule has 1 heterocycles. The standard InChI is InChI=1S/C28H34N2O4/c1-3-15-30-16-14-27(22-7-5-9-25(18-22)34-2)19-23(12-13-28(27,33)20-30)29-26(32)11-10-21-6-4-8-24(31)17-21/h3-11,17-18,23,31,33H,1,12-16,19-20H2,2H3,(H,29,32)/t23-,27-,28-/m0/s1. The van der Waals surface area contributed by atoms with Crippen LogP contribution >= 0.6 is 0 Å². The molecular weight excluding hydrogens is 428 g/mol. The summed E-state index contributed by atoms with van der Waals surface area (Å²) in [7, 11) is 1.65. The van der Waals surface area contributed by atoms with Crippen LogP contribution in [0.2, 0.25) is 0 Å². The lowest BCUT2D eigenvalue weighted by Gasteiger charge is -2.58. The summed E-state index contributed by atoms with van der Waals surface area (Å²) in [5, 5.41) is 24.8. The average Bonchev–Trinajstić information content (AvgIpc) is 2.83. The molecule has 0 unspecified atom stereocenters. The number of β-amino-alcohol motifs (C(OH)–C–C–N with tert-alkyl or cyclic N) is 1. The summed E-state index contributed by atoms with van der Waals surface area (Å²) in [6, 6.07) is 14.7. The Balaban J connectivity index is 1.56. The number of fused-ring (bicyclic) bond motifs is 1. The molecule has 1 amide bonds. The van der Waals surface area contributed by atoms with Crippen molar-refractivity contribution in [3.8, 4) is 11.5 Å². The van der Waals surface area contributed by atoms with Crippen LogP contribution in [0, 0.1) is 0 Å². The van der Waals surface area contributed by atoms with Crippen molar-refractivity contribution in [3.05, 3.63) is 78.4 Å². The number of piperidine rings is 1. The van der Waals surface area contributed by atoms with Crippen LogP contribution in [-0.4, -0.2) is 59.4 Å². The Morgan fingerprint density at radius 1 is 1.26 bits per heavy atom. The van der Waals surface area contributed by atoms with Crippen LogP contribution in [-0.2, 0) is 10.2 Å². The van der Waals surface area contributed by atoms with Crippen molar-refractivity contribution in [2.75, 3.05) is 26.7 Å². The van der Waals surface area contributed by atoms with Gasteiger partial charge >= 0.3 is 0 Å². The fourth-order valence-corrected chi connectivity index (χ4v) is 5.69. The summed E-state index contributed by atoms with van der Waals surface area (Å²) in [4.78, 5) is 15.0. The summed E-state index contributed by atoms with van der Waals surface area (Å²) >= 11 is 0. The largest absolute Gasteiger partial charge is 0.508 e. The van der Waals surface area contributed by atoms with Gasteiger partial charge < -0.3 is 20.3 Å². The molecule has 34 heavy (non-hydrogen) atoms. The topological polar surface area (TPSA) is 82.0 Å². The summed E-state index contributed by atoms with van der Waals surface area (Å²) in [5.41, 5.74) is 0.432. The molecule has 2 aromatic carbocycles. The Bertz CT molecular complexity index is 1070. The second-order valence-electron chi connectivity index (χ2n) is 9.50. The number of rotatable bonds is 7. The van der Waals surface area contributed by atoms with E-state index in [1.54, 1.807) is 31.4 Å². The number of amides is 1. The third-order valence-electron chi connectivity index (χ3n) is 7.39. The summed E-state index contributed by atoms with van der Waals surface area (Å²) in [5.74, 6) is 0.753. The van der Waals surface area contributed by atoms with Crippen LogP contribution in [0.25, 0.3) is 6.08 Å². The molecule has 0 radical (unpaired) electrons. The highest BCUT2D eigenvalue weighted by Gasteiger charge is 2.57. The molecule has 2 aliphatic rings. The van der Waals surface area contributed by atoms with Gasteiger partial charge in [-0.2, -0.15) is 0 Å². The molecule has 180 valence electrons. The van der Waals surface area contributed by atoms with E-state index in [0.29, 0.717) is 25.8 Å². The minimum atomic E-state index is -0.904. The lowest BCUT2D eigenvalue weighted by Crippen LogP contribution is -2.67. The molecule has 2 aromatic rings. The number of aliphatic hydroxyl groups is 1. The first kappa shape index (κ1) is 24.0. The van der Waals surface area contributed by atoms with Crippen molar-refractivity contribution in [2.45, 2.75) is 42.7 Å². The number of carbonyl (C=O) groups is 1. The molecule has 1 aliphatic carbocycles. The molecule has 2 fully saturated rings. The second kappa shape index (κ2) is 10.0. The van der Waals surface area contributed by atoms with Crippen LogP contribution in [0.1, 0.15) is 36.8 Å². The lowest BCUT2D eigenvalue weighted by molar-refractivity contribution is -0.130. The zero-order valence-electron chi connectivity index (χ0n) is 19.7. The quantitative estimate of drug-likeness (QED) is 0.432. The van der Waals surface area contributed by atoms with Crippen LogP contribution in [0.5, 0.6) is 11.5 Å². The fourth-order valence-electron chi connectivity index (χ4n) is 5.69. The zero-order valence-corrected chi connectivity index (χ0v) is 19.7. The van der Waals surface area contributed by atoms with Crippen LogP contribution in [0.15, 0.2) is 67.3 Å². The van der Waals surface area contributed by atoms with Gasteiger partial charge in [-0.25, -0.2) is 0 Å². The molecule has 0 aromatic heterocycles. The van der Waals surface area contributed by atoms with Crippen molar-refractivity contribution in [3.63, 3.8) is 0 Å². The van der Waals surface area contributed by atoms with E-state index in [9.17, 15) is 15.0 Å². The minimum Gasteiger partial charge on any atom is -0.508 e. The van der Waals surface area contributed by atoms with Gasteiger partial charge in [0.2, 0.25) is 5.91 Å². The molecule has 3 atom stereocenters. The molecule has 3 N–H and O–H groups in total. The molecule has 1 saturated heterocycles. The molecular formula is C28H34N2O4. The van der Waals surface area contributed by atoms with Crippen LogP contribution in [0.4, 0.5) is 0 Å². The number of carbonyl (C=O) groups excluding carboxylic acids is 1. The molecule has 6 nitrogen and oxygen atoms in total. The van der Waals surface area contributed by atoms with Gasteiger partial charge in [0.1, 0.15) is 11.5 Å². The number of nitrogens with one attached hydrogen (secondary N) is 1. The first-order valence-electron chi connectivity index (χ1n) is 11.9. The smallest absolute Gasteiger partial charge is 0.244 e. The first-order valence-corrected chi connectivity index (χ1v) is 11.9. The minimum absolute atomic E-state index is 0.0567. The summed E-state index contributed by atoms with van der Waals surface area (Å²) in [6.07, 6.45) is 7.82. The third kappa shape index (κ3) is 4.88. The molecule has 0 spiro atoms. The highest BCUT2D eigenvalue weighted by Crippen LogP contribution is 2.52. The zero-order chi connectivity index (χ0) is 24.2. The van der Waals surface area contributed by atoms with Crippen molar-refractivity contribution in [2.24, 2.45) is 0 Å². The van der Waals surface area contributed by atoms with Gasteiger partial charge in [0.15, 0.2) is 0 Å². The van der Waals surface area contributed by atoms with Crippen LogP contribution < -0.4 is 10.1 Å². The number of phenolic OH excluding ortho intramolecular Hbond substituents is 1. The number of nitrogens with zero attached hydrogens (tertiary/aromatic N) is 1. The van der Waals surface area contributed by atoms with E-state index in [0.717, 1.165) is 36.4 Å². The van der Waals surface area contributed by atoms with Crippen molar-refractivity contribution < 1.29 is 19.7 Å². The molecule has 6 heteroatoms. The fraction of sp³-hybridized carbons (Fsp3) is 0.393. The number of methoxy groups -OCH3 is 1. The van der Waals surface area contributed by atoms with E-state index in [1.807, 2.05) is 30.3 Å². The first-order chi connectivity index (χ1) is 16.4. The predicted molar refractivity (Wildman–Crippen MR) is 134 cm³/mol. The van der Waals surface area contributed by atoms with E-state index in [1.165, 1.54) is 6.08 Å². The van der Waals surface area contributed by atoms with Crippen molar-refractivity contribution in [1.82, 2.24) is 10.2 Å². The Morgan fingerprint density at radius 2 is 2.09 bits per heavy atom. The molecule has 1 saturated carbocycles. The Hall–Kier alpha value is -3.09. The highest BCUT2D eigenvalue weighted by atomic mass is 16.5. The van der Waals surface area contributed by atoms with Gasteiger partial charge in [-0.3, -0.25) is 9.69 Å². The van der Waals surface area contributed by atoms with Gasteiger partial charge in [0, 0.05) is 30.6 Å². The maximum atomic E-state index is 12.7. The third-order valence-corrected chi connectivity index (χ3v) is 7.39. The number of phenols is 1. The van der Waals surface area contributed by atoms with E-state index < -0.39 is 11.0 Å². The van der Waals surface area contributed by atoms with Crippen molar-refractivity contribution >= 4 is 12.0 Å². The van der Waals surface area contributed by atoms with Crippen molar-refractivity contribution in [1.29, 1.82) is 0 Å². The number of aromatic hydroxyl groups is 1. The normalized spacial score (nSPS) is 27.2. The molecule has 4 rings (SSSR count). The average molecular weight is 463 g/mol. The van der Waals surface area contributed by atoms with Gasteiger partial charge in [0.05, 0.1) is 12.7 Å². The van der Waals surface area contributed by atoms with Gasteiger partial charge in [-0.05, 0) is 73.7 Å². The lowest BCUT2D eigenvalue weighted by atomic mass is 9.55. The monoisotopic (exact) mass is 462 g/mol. The number of hydrogen-bond donors (Lipinski definition) is 3. The summed E-state index contributed by atoms with van der Waals surface area (Å²) < 4.78 is 5.49. The SMILES string of the molecule is C=CCN1CC[C@@]2(c3cccc(OC)c3)C[C@@H](NC(=O)C=Cc3cccc(O)c3)CC[C@]2(O)C1. The number of ether oxygens (including phenoxy) is 1. The number of hydrogen-bond acceptors (Lipinski definition) is 5. The second-order valence-corrected chi connectivity index (χ2v) is 9.50. The highest BCUT2D eigenvalue weighted by molar-refractivity contribution is 5.92. The predicted octanol–water partition coefficient (Wildman–Crippen LogP) is 3.64. The number of benzene rings is 2. The Morgan fingerprint density at radius 3 is 2.85 bits per heavy atom. The van der Waals surface area contributed by atoms with Gasteiger partial charge in [0.25, 0.3) is 0 Å². The number of likely N-dealkylation sites (tertiary alicyclic amines) is 1. The van der Waals surface area contributed by atoms with Gasteiger partial charge in [-0.15, -0.1) is 6.58 Å². The molecule has 0 bridgehead atoms. The maximum absolute atomic E-state index is 12.7. The van der Waals surface area contributed by atoms with E-state index in [4.69, 9.17) is 4.74 Å².